The highest BCUT2D eigenvalue weighted by atomic mass is 33.1. The summed E-state index contributed by atoms with van der Waals surface area (Å²) >= 11 is 0. The van der Waals surface area contributed by atoms with Crippen molar-refractivity contribution in [2.75, 3.05) is 19.9 Å². The van der Waals surface area contributed by atoms with Crippen LogP contribution in [0.15, 0.2) is 0 Å². The lowest BCUT2D eigenvalue weighted by Gasteiger charge is -2.13. The zero-order valence-corrected chi connectivity index (χ0v) is 11.0. The van der Waals surface area contributed by atoms with Gasteiger partial charge in [0.05, 0.1) is 7.11 Å². The van der Waals surface area contributed by atoms with Crippen LogP contribution < -0.4 is 0 Å². The number of carbonyl (C=O) groups excluding carboxylic acids is 1. The topological polar surface area (TPSA) is 29.5 Å². The molecule has 1 unspecified atom stereocenters. The number of hydrogen-bond acceptors (Lipinski definition) is 4. The summed E-state index contributed by atoms with van der Waals surface area (Å²) in [4.78, 5) is 16.2. The van der Waals surface area contributed by atoms with Crippen molar-refractivity contribution in [3.05, 3.63) is 0 Å². The van der Waals surface area contributed by atoms with Gasteiger partial charge in [-0.25, -0.2) is 5.06 Å². The Balaban J connectivity index is 1.98. The third kappa shape index (κ3) is 5.13. The molecule has 88 valence electrons. The van der Waals surface area contributed by atoms with Crippen LogP contribution in [0.1, 0.15) is 32.1 Å². The lowest BCUT2D eigenvalue weighted by Crippen LogP contribution is -2.24. The number of unbranched alkanes of at least 4 members (excludes halogenated alkanes) is 1. The van der Waals surface area contributed by atoms with Gasteiger partial charge in [0.2, 0.25) is 5.91 Å². The van der Waals surface area contributed by atoms with Gasteiger partial charge in [0.15, 0.2) is 0 Å². The van der Waals surface area contributed by atoms with Crippen molar-refractivity contribution in [2.45, 2.75) is 37.4 Å². The maximum atomic E-state index is 11.4. The van der Waals surface area contributed by atoms with Crippen LogP contribution in [0.25, 0.3) is 0 Å². The van der Waals surface area contributed by atoms with E-state index in [1.807, 2.05) is 21.6 Å². The summed E-state index contributed by atoms with van der Waals surface area (Å²) in [6, 6.07) is 0. The molecule has 0 saturated carbocycles. The minimum Gasteiger partial charge on any atom is -0.275 e. The lowest BCUT2D eigenvalue weighted by atomic mass is 10.1. The summed E-state index contributed by atoms with van der Waals surface area (Å²) in [5, 5.41) is 2.13. The molecule has 5 heteroatoms. The average molecular weight is 249 g/mol. The summed E-state index contributed by atoms with van der Waals surface area (Å²) in [5.74, 6) is 1.37. The van der Waals surface area contributed by atoms with Gasteiger partial charge in [0.25, 0.3) is 0 Å². The van der Waals surface area contributed by atoms with Gasteiger partial charge in [0, 0.05) is 24.5 Å². The Labute approximate surface area is 99.7 Å². The Kier molecular flexibility index (Phi) is 6.52. The molecular weight excluding hydrogens is 230 g/mol. The SMILES string of the molecule is CON(C)C(=O)CCCCC1CCSS1. The molecule has 0 aromatic carbocycles. The average Bonchev–Trinajstić information content (AvgIpc) is 2.75. The Hall–Kier alpha value is 0.130. The molecule has 1 aliphatic heterocycles. The molecule has 1 heterocycles. The van der Waals surface area contributed by atoms with Crippen LogP contribution in [0.3, 0.4) is 0 Å². The Morgan fingerprint density at radius 3 is 2.93 bits per heavy atom. The van der Waals surface area contributed by atoms with Gasteiger partial charge in [-0.2, -0.15) is 0 Å². The highest BCUT2D eigenvalue weighted by Crippen LogP contribution is 2.39. The monoisotopic (exact) mass is 249 g/mol. The van der Waals surface area contributed by atoms with E-state index < -0.39 is 0 Å². The van der Waals surface area contributed by atoms with Crippen LogP contribution in [0.2, 0.25) is 0 Å². The van der Waals surface area contributed by atoms with Crippen molar-refractivity contribution in [1.82, 2.24) is 5.06 Å². The van der Waals surface area contributed by atoms with E-state index in [1.165, 1.54) is 30.8 Å². The first-order chi connectivity index (χ1) is 7.24. The van der Waals surface area contributed by atoms with Gasteiger partial charge in [0.1, 0.15) is 0 Å². The number of rotatable bonds is 6. The highest BCUT2D eigenvalue weighted by Gasteiger charge is 2.16. The molecule has 0 bridgehead atoms. The number of amides is 1. The van der Waals surface area contributed by atoms with E-state index in [1.54, 1.807) is 7.05 Å². The summed E-state index contributed by atoms with van der Waals surface area (Å²) in [6.45, 7) is 0. The molecule has 0 N–H and O–H groups in total. The largest absolute Gasteiger partial charge is 0.275 e. The molecule has 0 radical (unpaired) electrons. The van der Waals surface area contributed by atoms with E-state index in [0.29, 0.717) is 6.42 Å². The fraction of sp³-hybridized carbons (Fsp3) is 0.900. The predicted molar refractivity (Wildman–Crippen MR) is 66.7 cm³/mol. The lowest BCUT2D eigenvalue weighted by molar-refractivity contribution is -0.168. The zero-order valence-electron chi connectivity index (χ0n) is 9.40. The summed E-state index contributed by atoms with van der Waals surface area (Å²) < 4.78 is 0. The van der Waals surface area contributed by atoms with Crippen LogP contribution in [-0.2, 0) is 9.63 Å². The summed E-state index contributed by atoms with van der Waals surface area (Å²) in [6.07, 6.45) is 5.33. The molecular formula is C10H19NO2S2. The van der Waals surface area contributed by atoms with Crippen molar-refractivity contribution in [3.8, 4) is 0 Å². The quantitative estimate of drug-likeness (QED) is 0.411. The van der Waals surface area contributed by atoms with Crippen molar-refractivity contribution >= 4 is 27.5 Å². The normalized spacial score (nSPS) is 20.5. The van der Waals surface area contributed by atoms with E-state index in [2.05, 4.69) is 0 Å². The van der Waals surface area contributed by atoms with Crippen molar-refractivity contribution in [1.29, 1.82) is 0 Å². The van der Waals surface area contributed by atoms with Gasteiger partial charge in [-0.15, -0.1) is 0 Å². The molecule has 0 aromatic heterocycles. The minimum absolute atomic E-state index is 0.0750. The van der Waals surface area contributed by atoms with Crippen LogP contribution in [0.5, 0.6) is 0 Å². The van der Waals surface area contributed by atoms with Crippen molar-refractivity contribution in [3.63, 3.8) is 0 Å². The highest BCUT2D eigenvalue weighted by molar-refractivity contribution is 8.77. The molecule has 0 aromatic rings. The van der Waals surface area contributed by atoms with E-state index in [-0.39, 0.29) is 5.91 Å². The van der Waals surface area contributed by atoms with E-state index in [4.69, 9.17) is 4.84 Å². The first-order valence-electron chi connectivity index (χ1n) is 5.33. The molecule has 1 saturated heterocycles. The molecule has 15 heavy (non-hydrogen) atoms. The molecule has 1 atom stereocenters. The minimum atomic E-state index is 0.0750. The van der Waals surface area contributed by atoms with E-state index in [9.17, 15) is 4.79 Å². The van der Waals surface area contributed by atoms with Gasteiger partial charge in [-0.3, -0.25) is 9.63 Å². The zero-order chi connectivity index (χ0) is 11.1. The van der Waals surface area contributed by atoms with Gasteiger partial charge >= 0.3 is 0 Å². The maximum absolute atomic E-state index is 11.4. The number of hydroxylamine groups is 2. The van der Waals surface area contributed by atoms with Crippen LogP contribution in [0.4, 0.5) is 0 Å². The second-order valence-corrected chi connectivity index (χ2v) is 6.44. The number of carbonyl (C=O) groups is 1. The van der Waals surface area contributed by atoms with Gasteiger partial charge < -0.3 is 0 Å². The first kappa shape index (κ1) is 13.2. The smallest absolute Gasteiger partial charge is 0.245 e. The first-order valence-corrected chi connectivity index (χ1v) is 7.71. The molecule has 1 rings (SSSR count). The van der Waals surface area contributed by atoms with Crippen LogP contribution >= 0.6 is 21.6 Å². The number of hydrogen-bond donors (Lipinski definition) is 0. The third-order valence-electron chi connectivity index (χ3n) is 2.52. The maximum Gasteiger partial charge on any atom is 0.245 e. The predicted octanol–water partition coefficient (Wildman–Crippen LogP) is 2.72. The summed E-state index contributed by atoms with van der Waals surface area (Å²) in [5.41, 5.74) is 0. The van der Waals surface area contributed by atoms with E-state index >= 15 is 0 Å². The fourth-order valence-electron chi connectivity index (χ4n) is 1.47. The summed E-state index contributed by atoms with van der Waals surface area (Å²) in [7, 11) is 7.16. The Morgan fingerprint density at radius 1 is 1.53 bits per heavy atom. The fourth-order valence-corrected chi connectivity index (χ4v) is 4.50. The molecule has 0 spiro atoms. The van der Waals surface area contributed by atoms with Gasteiger partial charge in [-0.1, -0.05) is 28.0 Å². The number of nitrogens with zero attached hydrogens (tertiary/aromatic N) is 1. The standard InChI is InChI=1S/C10H19NO2S2/c1-11(13-2)10(12)6-4-3-5-9-7-8-14-15-9/h9H,3-8H2,1-2H3. The van der Waals surface area contributed by atoms with Gasteiger partial charge in [-0.05, 0) is 19.3 Å². The van der Waals surface area contributed by atoms with E-state index in [0.717, 1.165) is 18.1 Å². The molecule has 0 aliphatic carbocycles. The Bertz CT molecular complexity index is 196. The molecule has 1 amide bonds. The second-order valence-electron chi connectivity index (χ2n) is 3.65. The second kappa shape index (κ2) is 7.41. The third-order valence-corrected chi connectivity index (χ3v) is 5.53. The molecule has 3 nitrogen and oxygen atoms in total. The van der Waals surface area contributed by atoms with Crippen molar-refractivity contribution < 1.29 is 9.63 Å². The van der Waals surface area contributed by atoms with Crippen LogP contribution in [-0.4, -0.2) is 36.1 Å². The Morgan fingerprint density at radius 2 is 2.33 bits per heavy atom. The molecule has 1 aliphatic rings. The van der Waals surface area contributed by atoms with Crippen molar-refractivity contribution in [2.24, 2.45) is 0 Å². The van der Waals surface area contributed by atoms with Crippen LogP contribution in [0, 0.1) is 0 Å². The molecule has 1 fully saturated rings.